The van der Waals surface area contributed by atoms with E-state index >= 15 is 0 Å². The molecule has 0 spiro atoms. The number of urea groups is 1. The van der Waals surface area contributed by atoms with E-state index < -0.39 is 23.3 Å². The van der Waals surface area contributed by atoms with Gasteiger partial charge in [0, 0.05) is 43.8 Å². The lowest BCUT2D eigenvalue weighted by Gasteiger charge is -2.19. The largest absolute Gasteiger partial charge is 0.391 e. The van der Waals surface area contributed by atoms with Crippen LogP contribution in [0.15, 0.2) is 34.9 Å². The summed E-state index contributed by atoms with van der Waals surface area (Å²) in [6, 6.07) is 6.89. The van der Waals surface area contributed by atoms with Crippen LogP contribution >= 0.6 is 15.9 Å². The Kier molecular flexibility index (Phi) is 9.04. The highest BCUT2D eigenvalue weighted by molar-refractivity contribution is 9.10. The number of carbonyl (C=O) groups is 3. The molecule has 1 aromatic heterocycles. The number of β-amino-alcohol motifs (C(OH)–C–C–N with tert-alkyl or cyclic N) is 1. The molecule has 12 nitrogen and oxygen atoms in total. The fourth-order valence-corrected chi connectivity index (χ4v) is 3.65. The molecule has 1 fully saturated rings. The van der Waals surface area contributed by atoms with Gasteiger partial charge in [0.15, 0.2) is 0 Å². The first-order valence-electron chi connectivity index (χ1n) is 11.5. The van der Waals surface area contributed by atoms with Crippen LogP contribution in [0, 0.1) is 5.41 Å². The molecule has 1 aromatic carbocycles. The van der Waals surface area contributed by atoms with Crippen LogP contribution < -0.4 is 27.0 Å². The molecule has 0 saturated carbocycles. The summed E-state index contributed by atoms with van der Waals surface area (Å²) in [5, 5.41) is 21.5. The number of amides is 4. The summed E-state index contributed by atoms with van der Waals surface area (Å²) in [5.74, 6) is -0.180. The van der Waals surface area contributed by atoms with Crippen LogP contribution in [0.5, 0.6) is 0 Å². The number of anilines is 4. The van der Waals surface area contributed by atoms with Crippen molar-refractivity contribution in [3.63, 3.8) is 0 Å². The molecule has 2 heterocycles. The SMILES string of the molecule is CC(C)(C(N)=O)C(=O)NCCCNc1nc(Nc2cccc(NC(=O)N3CC[C@@H](O)C3)c2)ncc1Br. The number of primary amides is 1. The maximum Gasteiger partial charge on any atom is 0.321 e. The predicted molar refractivity (Wildman–Crippen MR) is 140 cm³/mol. The normalized spacial score (nSPS) is 15.3. The van der Waals surface area contributed by atoms with Gasteiger partial charge in [-0.15, -0.1) is 0 Å². The van der Waals surface area contributed by atoms with Crippen molar-refractivity contribution in [3.05, 3.63) is 34.9 Å². The van der Waals surface area contributed by atoms with Crippen LogP contribution in [0.1, 0.15) is 26.7 Å². The second kappa shape index (κ2) is 12.0. The van der Waals surface area contributed by atoms with E-state index in [1.54, 1.807) is 29.3 Å². The van der Waals surface area contributed by atoms with Gasteiger partial charge in [-0.05, 0) is 60.8 Å². The molecule has 2 aromatic rings. The number of hydrogen-bond acceptors (Lipinski definition) is 8. The van der Waals surface area contributed by atoms with Crippen molar-refractivity contribution in [2.45, 2.75) is 32.8 Å². The second-order valence-corrected chi connectivity index (χ2v) is 9.79. The molecule has 0 radical (unpaired) electrons. The molecule has 4 amide bonds. The minimum absolute atomic E-state index is 0.260. The Bertz CT molecular complexity index is 1110. The lowest BCUT2D eigenvalue weighted by Crippen LogP contribution is -2.46. The monoisotopic (exact) mass is 562 g/mol. The van der Waals surface area contributed by atoms with Gasteiger partial charge in [0.1, 0.15) is 11.2 Å². The summed E-state index contributed by atoms with van der Waals surface area (Å²) >= 11 is 3.42. The van der Waals surface area contributed by atoms with E-state index in [4.69, 9.17) is 5.73 Å². The standard InChI is InChI=1S/C23H31BrN8O4/c1-23(2,19(25)34)20(35)27-9-4-8-26-18-17(24)12-28-21(31-18)29-14-5-3-6-15(11-14)30-22(36)32-10-7-16(33)13-32/h3,5-6,11-12,16,33H,4,7-10,13H2,1-2H3,(H2,25,34)(H,27,35)(H,30,36)(H2,26,28,29,31)/t16-/m1/s1. The third-order valence-corrected chi connectivity index (χ3v) is 6.26. The van der Waals surface area contributed by atoms with Crippen molar-refractivity contribution in [2.24, 2.45) is 11.1 Å². The number of halogens is 1. The second-order valence-electron chi connectivity index (χ2n) is 8.94. The number of nitrogens with one attached hydrogen (secondary N) is 4. The van der Waals surface area contributed by atoms with Gasteiger partial charge < -0.3 is 37.0 Å². The average molecular weight is 563 g/mol. The number of rotatable bonds is 10. The number of carbonyl (C=O) groups excluding carboxylic acids is 3. The average Bonchev–Trinajstić information content (AvgIpc) is 3.27. The molecule has 13 heteroatoms. The van der Waals surface area contributed by atoms with Crippen molar-refractivity contribution in [1.29, 1.82) is 0 Å². The smallest absolute Gasteiger partial charge is 0.321 e. The zero-order valence-corrected chi connectivity index (χ0v) is 21.8. The number of likely N-dealkylation sites (tertiary alicyclic amines) is 1. The van der Waals surface area contributed by atoms with E-state index in [1.807, 2.05) is 6.07 Å². The third kappa shape index (κ3) is 7.28. The fraction of sp³-hybridized carbons (Fsp3) is 0.435. The molecule has 1 atom stereocenters. The summed E-state index contributed by atoms with van der Waals surface area (Å²) in [7, 11) is 0. The van der Waals surface area contributed by atoms with Gasteiger partial charge in [-0.3, -0.25) is 9.59 Å². The topological polar surface area (TPSA) is 175 Å². The number of benzene rings is 1. The summed E-state index contributed by atoms with van der Waals surface area (Å²) < 4.78 is 0.667. The Balaban J connectivity index is 1.51. The van der Waals surface area contributed by atoms with Crippen molar-refractivity contribution in [2.75, 3.05) is 42.1 Å². The number of nitrogens with two attached hydrogens (primary N) is 1. The van der Waals surface area contributed by atoms with Gasteiger partial charge in [0.25, 0.3) is 0 Å². The summed E-state index contributed by atoms with van der Waals surface area (Å²) in [5.41, 5.74) is 5.28. The molecule has 3 rings (SSSR count). The van der Waals surface area contributed by atoms with Crippen LogP contribution in [0.2, 0.25) is 0 Å². The lowest BCUT2D eigenvalue weighted by atomic mass is 9.91. The van der Waals surface area contributed by atoms with Crippen LogP contribution in [-0.2, 0) is 9.59 Å². The minimum atomic E-state index is -1.26. The number of aromatic nitrogens is 2. The highest BCUT2D eigenvalue weighted by atomic mass is 79.9. The van der Waals surface area contributed by atoms with Gasteiger partial charge in [-0.2, -0.15) is 4.98 Å². The summed E-state index contributed by atoms with van der Waals surface area (Å²) in [6.45, 7) is 4.69. The predicted octanol–water partition coefficient (Wildman–Crippen LogP) is 2.01. The maximum atomic E-state index is 12.4. The zero-order valence-electron chi connectivity index (χ0n) is 20.2. The Morgan fingerprint density at radius 3 is 2.69 bits per heavy atom. The summed E-state index contributed by atoms with van der Waals surface area (Å²) in [4.78, 5) is 46.1. The van der Waals surface area contributed by atoms with Gasteiger partial charge in [0.2, 0.25) is 17.8 Å². The zero-order chi connectivity index (χ0) is 26.3. The fourth-order valence-electron chi connectivity index (χ4n) is 3.31. The van der Waals surface area contributed by atoms with Crippen molar-refractivity contribution < 1.29 is 19.5 Å². The van der Waals surface area contributed by atoms with Crippen LogP contribution in [-0.4, -0.2) is 70.1 Å². The van der Waals surface area contributed by atoms with Crippen LogP contribution in [0.25, 0.3) is 0 Å². The highest BCUT2D eigenvalue weighted by Crippen LogP contribution is 2.23. The molecular formula is C23H31BrN8O4. The third-order valence-electron chi connectivity index (χ3n) is 5.68. The first-order valence-corrected chi connectivity index (χ1v) is 12.3. The number of nitrogens with zero attached hydrogens (tertiary/aromatic N) is 3. The van der Waals surface area contributed by atoms with Crippen molar-refractivity contribution in [1.82, 2.24) is 20.2 Å². The van der Waals surface area contributed by atoms with Crippen LogP contribution in [0.3, 0.4) is 0 Å². The van der Waals surface area contributed by atoms with Gasteiger partial charge in [-0.25, -0.2) is 9.78 Å². The van der Waals surface area contributed by atoms with E-state index in [-0.39, 0.29) is 6.03 Å². The van der Waals surface area contributed by atoms with E-state index in [9.17, 15) is 19.5 Å². The molecule has 1 aliphatic heterocycles. The highest BCUT2D eigenvalue weighted by Gasteiger charge is 2.33. The Labute approximate surface area is 217 Å². The van der Waals surface area contributed by atoms with Gasteiger partial charge in [0.05, 0.1) is 10.6 Å². The molecule has 7 N–H and O–H groups in total. The van der Waals surface area contributed by atoms with E-state index in [2.05, 4.69) is 47.2 Å². The van der Waals surface area contributed by atoms with E-state index in [0.717, 1.165) is 0 Å². The molecule has 1 aliphatic rings. The van der Waals surface area contributed by atoms with Crippen molar-refractivity contribution in [3.8, 4) is 0 Å². The molecule has 36 heavy (non-hydrogen) atoms. The van der Waals surface area contributed by atoms with Crippen molar-refractivity contribution >= 4 is 56.9 Å². The Hall–Kier alpha value is -3.45. The lowest BCUT2D eigenvalue weighted by molar-refractivity contribution is -0.139. The van der Waals surface area contributed by atoms with E-state index in [1.165, 1.54) is 13.8 Å². The molecule has 0 unspecified atom stereocenters. The molecular weight excluding hydrogens is 532 g/mol. The molecule has 0 bridgehead atoms. The quantitative estimate of drug-likeness (QED) is 0.188. The Morgan fingerprint density at radius 2 is 2.00 bits per heavy atom. The van der Waals surface area contributed by atoms with Gasteiger partial charge in [-0.1, -0.05) is 6.07 Å². The molecule has 194 valence electrons. The molecule has 1 saturated heterocycles. The first kappa shape index (κ1) is 27.1. The number of aliphatic hydroxyl groups excluding tert-OH is 1. The number of hydrogen-bond donors (Lipinski definition) is 6. The Morgan fingerprint density at radius 1 is 1.25 bits per heavy atom. The molecule has 0 aliphatic carbocycles. The minimum Gasteiger partial charge on any atom is -0.391 e. The summed E-state index contributed by atoms with van der Waals surface area (Å²) in [6.07, 6.45) is 2.30. The van der Waals surface area contributed by atoms with E-state index in [0.29, 0.717) is 66.6 Å². The van der Waals surface area contributed by atoms with Gasteiger partial charge >= 0.3 is 6.03 Å². The first-order chi connectivity index (χ1) is 17.1. The maximum absolute atomic E-state index is 12.4. The van der Waals surface area contributed by atoms with Crippen LogP contribution in [0.4, 0.5) is 27.9 Å². The number of aliphatic hydroxyl groups is 1.